The van der Waals surface area contributed by atoms with Gasteiger partial charge in [-0.2, -0.15) is 0 Å². The summed E-state index contributed by atoms with van der Waals surface area (Å²) in [5.74, 6) is 0.430. The van der Waals surface area contributed by atoms with E-state index in [2.05, 4.69) is 5.32 Å². The number of para-hydroxylation sites is 1. The van der Waals surface area contributed by atoms with Gasteiger partial charge in [0.05, 0.1) is 26.3 Å². The SMILES string of the molecule is COc1ccc(C(=O)NCCOc2ccccc2F)c(OC)c1. The molecule has 23 heavy (non-hydrogen) atoms. The fraction of sp³-hybridized carbons (Fsp3) is 0.235. The first kappa shape index (κ1) is 16.6. The van der Waals surface area contributed by atoms with Gasteiger partial charge in [-0.25, -0.2) is 4.39 Å². The maximum absolute atomic E-state index is 13.4. The minimum absolute atomic E-state index is 0.156. The van der Waals surface area contributed by atoms with Crippen molar-refractivity contribution >= 4 is 5.91 Å². The van der Waals surface area contributed by atoms with E-state index in [9.17, 15) is 9.18 Å². The van der Waals surface area contributed by atoms with E-state index >= 15 is 0 Å². The average molecular weight is 319 g/mol. The first-order chi connectivity index (χ1) is 11.2. The van der Waals surface area contributed by atoms with Gasteiger partial charge in [0, 0.05) is 6.07 Å². The van der Waals surface area contributed by atoms with Gasteiger partial charge in [0.15, 0.2) is 11.6 Å². The summed E-state index contributed by atoms with van der Waals surface area (Å²) in [6.45, 7) is 0.396. The van der Waals surface area contributed by atoms with E-state index < -0.39 is 5.82 Å². The van der Waals surface area contributed by atoms with Gasteiger partial charge in [0.1, 0.15) is 18.1 Å². The number of halogens is 1. The summed E-state index contributed by atoms with van der Waals surface area (Å²) in [7, 11) is 3.02. The maximum Gasteiger partial charge on any atom is 0.255 e. The number of methoxy groups -OCH3 is 2. The quantitative estimate of drug-likeness (QED) is 0.797. The number of carbonyl (C=O) groups is 1. The summed E-state index contributed by atoms with van der Waals surface area (Å²) in [4.78, 5) is 12.1. The van der Waals surface area contributed by atoms with Crippen LogP contribution in [0.2, 0.25) is 0 Å². The molecule has 0 saturated carbocycles. The van der Waals surface area contributed by atoms with Crippen LogP contribution in [0.25, 0.3) is 0 Å². The smallest absolute Gasteiger partial charge is 0.255 e. The average Bonchev–Trinajstić information content (AvgIpc) is 2.59. The second-order valence-corrected chi connectivity index (χ2v) is 4.60. The van der Waals surface area contributed by atoms with Crippen molar-refractivity contribution in [3.8, 4) is 17.2 Å². The predicted octanol–water partition coefficient (Wildman–Crippen LogP) is 2.65. The standard InChI is InChI=1S/C17H18FNO4/c1-21-12-7-8-13(16(11-12)22-2)17(20)19-9-10-23-15-6-4-3-5-14(15)18/h3-8,11H,9-10H2,1-2H3,(H,19,20). The number of amides is 1. The molecule has 0 bridgehead atoms. The van der Waals surface area contributed by atoms with Crippen molar-refractivity contribution in [3.63, 3.8) is 0 Å². The van der Waals surface area contributed by atoms with Gasteiger partial charge in [-0.3, -0.25) is 4.79 Å². The molecule has 122 valence electrons. The molecule has 0 radical (unpaired) electrons. The molecule has 2 aromatic rings. The number of rotatable bonds is 7. The fourth-order valence-corrected chi connectivity index (χ4v) is 1.97. The van der Waals surface area contributed by atoms with E-state index in [4.69, 9.17) is 14.2 Å². The lowest BCUT2D eigenvalue weighted by Gasteiger charge is -2.11. The highest BCUT2D eigenvalue weighted by Crippen LogP contribution is 2.24. The molecule has 6 heteroatoms. The molecule has 0 spiro atoms. The van der Waals surface area contributed by atoms with E-state index in [1.165, 1.54) is 26.4 Å². The zero-order chi connectivity index (χ0) is 16.7. The molecule has 0 fully saturated rings. The minimum atomic E-state index is -0.435. The molecule has 0 atom stereocenters. The highest BCUT2D eigenvalue weighted by atomic mass is 19.1. The molecule has 1 amide bonds. The Kier molecular flexibility index (Phi) is 5.80. The van der Waals surface area contributed by atoms with Crippen molar-refractivity contribution in [2.45, 2.75) is 0 Å². The Morgan fingerprint density at radius 1 is 1.09 bits per heavy atom. The summed E-state index contributed by atoms with van der Waals surface area (Å²) < 4.78 is 28.9. The van der Waals surface area contributed by atoms with Crippen molar-refractivity contribution in [2.75, 3.05) is 27.4 Å². The van der Waals surface area contributed by atoms with Crippen LogP contribution in [0.15, 0.2) is 42.5 Å². The third-order valence-electron chi connectivity index (χ3n) is 3.14. The molecule has 0 aliphatic carbocycles. The third kappa shape index (κ3) is 4.35. The number of carbonyl (C=O) groups excluding carboxylic acids is 1. The van der Waals surface area contributed by atoms with Crippen molar-refractivity contribution in [1.29, 1.82) is 0 Å². The van der Waals surface area contributed by atoms with E-state index in [1.54, 1.807) is 30.3 Å². The second-order valence-electron chi connectivity index (χ2n) is 4.60. The molecule has 0 heterocycles. The summed E-state index contributed by atoms with van der Waals surface area (Å²) >= 11 is 0. The summed E-state index contributed by atoms with van der Waals surface area (Å²) in [6.07, 6.45) is 0. The van der Waals surface area contributed by atoms with Crippen molar-refractivity contribution < 1.29 is 23.4 Å². The molecular weight excluding hydrogens is 301 g/mol. The molecule has 0 aliphatic heterocycles. The lowest BCUT2D eigenvalue weighted by Crippen LogP contribution is -2.28. The summed E-state index contributed by atoms with van der Waals surface area (Å²) in [5.41, 5.74) is 0.388. The summed E-state index contributed by atoms with van der Waals surface area (Å²) in [5, 5.41) is 2.69. The van der Waals surface area contributed by atoms with Crippen LogP contribution in [0.5, 0.6) is 17.2 Å². The molecule has 2 aromatic carbocycles. The Morgan fingerprint density at radius 2 is 1.87 bits per heavy atom. The van der Waals surface area contributed by atoms with E-state index in [-0.39, 0.29) is 24.8 Å². The summed E-state index contributed by atoms with van der Waals surface area (Å²) in [6, 6.07) is 11.0. The Balaban J connectivity index is 1.89. The number of hydrogen-bond donors (Lipinski definition) is 1. The largest absolute Gasteiger partial charge is 0.497 e. The Bertz CT molecular complexity index is 675. The van der Waals surface area contributed by atoms with Crippen LogP contribution in [0, 0.1) is 5.82 Å². The molecule has 0 unspecified atom stereocenters. The minimum Gasteiger partial charge on any atom is -0.497 e. The monoisotopic (exact) mass is 319 g/mol. The van der Waals surface area contributed by atoms with E-state index in [0.717, 1.165) is 0 Å². The highest BCUT2D eigenvalue weighted by molar-refractivity contribution is 5.97. The van der Waals surface area contributed by atoms with Gasteiger partial charge in [-0.05, 0) is 24.3 Å². The number of nitrogens with one attached hydrogen (secondary N) is 1. The Labute approximate surface area is 134 Å². The molecule has 1 N–H and O–H groups in total. The molecule has 0 saturated heterocycles. The fourth-order valence-electron chi connectivity index (χ4n) is 1.97. The van der Waals surface area contributed by atoms with E-state index in [0.29, 0.717) is 17.1 Å². The molecule has 0 aromatic heterocycles. The molecular formula is C17H18FNO4. The van der Waals surface area contributed by atoms with Crippen LogP contribution < -0.4 is 19.5 Å². The van der Waals surface area contributed by atoms with Gasteiger partial charge >= 0.3 is 0 Å². The zero-order valence-electron chi connectivity index (χ0n) is 13.0. The Morgan fingerprint density at radius 3 is 2.57 bits per heavy atom. The van der Waals surface area contributed by atoms with Crippen LogP contribution >= 0.6 is 0 Å². The van der Waals surface area contributed by atoms with Crippen LogP contribution in [-0.4, -0.2) is 33.3 Å². The first-order valence-corrected chi connectivity index (χ1v) is 7.03. The van der Waals surface area contributed by atoms with Gasteiger partial charge in [-0.1, -0.05) is 12.1 Å². The van der Waals surface area contributed by atoms with Gasteiger partial charge in [-0.15, -0.1) is 0 Å². The number of benzene rings is 2. The highest BCUT2D eigenvalue weighted by Gasteiger charge is 2.13. The molecule has 0 aliphatic rings. The van der Waals surface area contributed by atoms with Gasteiger partial charge in [0.2, 0.25) is 0 Å². The van der Waals surface area contributed by atoms with Crippen LogP contribution in [0.1, 0.15) is 10.4 Å². The predicted molar refractivity (Wildman–Crippen MR) is 83.8 cm³/mol. The van der Waals surface area contributed by atoms with Crippen LogP contribution in [0.4, 0.5) is 4.39 Å². The molecule has 2 rings (SSSR count). The lowest BCUT2D eigenvalue weighted by molar-refractivity contribution is 0.0943. The Hall–Kier alpha value is -2.76. The second kappa shape index (κ2) is 8.03. The van der Waals surface area contributed by atoms with Crippen molar-refractivity contribution in [1.82, 2.24) is 5.32 Å². The van der Waals surface area contributed by atoms with Crippen molar-refractivity contribution in [2.24, 2.45) is 0 Å². The third-order valence-corrected chi connectivity index (χ3v) is 3.14. The van der Waals surface area contributed by atoms with Crippen LogP contribution in [-0.2, 0) is 0 Å². The number of hydrogen-bond acceptors (Lipinski definition) is 4. The lowest BCUT2D eigenvalue weighted by atomic mass is 10.1. The van der Waals surface area contributed by atoms with E-state index in [1.807, 2.05) is 0 Å². The topological polar surface area (TPSA) is 56.8 Å². The van der Waals surface area contributed by atoms with Crippen molar-refractivity contribution in [3.05, 3.63) is 53.8 Å². The first-order valence-electron chi connectivity index (χ1n) is 7.03. The van der Waals surface area contributed by atoms with Gasteiger partial charge in [0.25, 0.3) is 5.91 Å². The zero-order valence-corrected chi connectivity index (χ0v) is 13.0. The molecule has 5 nitrogen and oxygen atoms in total. The maximum atomic E-state index is 13.4. The van der Waals surface area contributed by atoms with Crippen LogP contribution in [0.3, 0.4) is 0 Å². The number of ether oxygens (including phenoxy) is 3. The van der Waals surface area contributed by atoms with Gasteiger partial charge < -0.3 is 19.5 Å². The normalized spacial score (nSPS) is 10.0.